The minimum absolute atomic E-state index is 0.280. The fraction of sp³-hybridized carbons (Fsp3) is 0.462. The fourth-order valence-corrected chi connectivity index (χ4v) is 3.59. The molecular formula is C13H17N5O2S. The minimum atomic E-state index is -3.10. The number of nitrogens with one attached hydrogen (secondary N) is 1. The predicted octanol–water partition coefficient (Wildman–Crippen LogP) is 0.691. The van der Waals surface area contributed by atoms with Gasteiger partial charge in [-0.25, -0.2) is 12.7 Å². The maximum Gasteiger partial charge on any atom is 0.211 e. The van der Waals surface area contributed by atoms with Crippen LogP contribution in [0.25, 0.3) is 11.3 Å². The molecule has 1 aliphatic rings. The molecule has 8 heteroatoms. The van der Waals surface area contributed by atoms with E-state index in [-0.39, 0.29) is 5.92 Å². The van der Waals surface area contributed by atoms with Crippen LogP contribution in [0.3, 0.4) is 0 Å². The molecule has 0 saturated carbocycles. The summed E-state index contributed by atoms with van der Waals surface area (Å²) in [5, 5.41) is 6.71. The lowest BCUT2D eigenvalue weighted by molar-refractivity contribution is 0.459. The van der Waals surface area contributed by atoms with Gasteiger partial charge in [-0.2, -0.15) is 5.10 Å². The lowest BCUT2D eigenvalue weighted by Gasteiger charge is -2.13. The lowest BCUT2D eigenvalue weighted by Crippen LogP contribution is -2.27. The van der Waals surface area contributed by atoms with Crippen LogP contribution in [-0.4, -0.2) is 52.2 Å². The summed E-state index contributed by atoms with van der Waals surface area (Å²) in [6.45, 7) is 1.14. The third-order valence-electron chi connectivity index (χ3n) is 3.75. The summed E-state index contributed by atoms with van der Waals surface area (Å²) >= 11 is 0. The first-order valence-electron chi connectivity index (χ1n) is 6.78. The molecule has 0 radical (unpaired) electrons. The Morgan fingerprint density at radius 2 is 2.19 bits per heavy atom. The molecule has 3 rings (SSSR count). The highest BCUT2D eigenvalue weighted by atomic mass is 32.2. The first kappa shape index (κ1) is 14.2. The van der Waals surface area contributed by atoms with E-state index in [2.05, 4.69) is 20.2 Å². The normalized spacial score (nSPS) is 20.0. The highest BCUT2D eigenvalue weighted by Crippen LogP contribution is 2.26. The van der Waals surface area contributed by atoms with Gasteiger partial charge >= 0.3 is 0 Å². The van der Waals surface area contributed by atoms with Crippen molar-refractivity contribution >= 4 is 10.0 Å². The Bertz CT molecular complexity index is 714. The molecule has 0 spiro atoms. The van der Waals surface area contributed by atoms with E-state index in [9.17, 15) is 8.42 Å². The van der Waals surface area contributed by atoms with Crippen LogP contribution in [0.15, 0.2) is 24.8 Å². The average molecular weight is 307 g/mol. The van der Waals surface area contributed by atoms with Gasteiger partial charge in [0.15, 0.2) is 0 Å². The van der Waals surface area contributed by atoms with Crippen molar-refractivity contribution in [3.8, 4) is 11.3 Å². The van der Waals surface area contributed by atoms with E-state index in [1.54, 1.807) is 24.8 Å². The SMILES string of the molecule is CS(=O)(=O)N1CC[C@H](Cc2nccnc2-c2cn[nH]c2)C1. The van der Waals surface area contributed by atoms with Crippen LogP contribution >= 0.6 is 0 Å². The van der Waals surface area contributed by atoms with E-state index in [4.69, 9.17) is 0 Å². The Hall–Kier alpha value is -1.80. The van der Waals surface area contributed by atoms with Crippen molar-refractivity contribution in [3.63, 3.8) is 0 Å². The number of nitrogens with zero attached hydrogens (tertiary/aromatic N) is 4. The van der Waals surface area contributed by atoms with Crippen LogP contribution in [-0.2, 0) is 16.4 Å². The monoisotopic (exact) mass is 307 g/mol. The smallest absolute Gasteiger partial charge is 0.211 e. The van der Waals surface area contributed by atoms with E-state index in [1.807, 2.05) is 0 Å². The molecule has 1 fully saturated rings. The van der Waals surface area contributed by atoms with Gasteiger partial charge in [-0.15, -0.1) is 0 Å². The van der Waals surface area contributed by atoms with Crippen molar-refractivity contribution in [2.45, 2.75) is 12.8 Å². The molecule has 21 heavy (non-hydrogen) atoms. The van der Waals surface area contributed by atoms with E-state index in [1.165, 1.54) is 10.6 Å². The van der Waals surface area contributed by atoms with Crippen LogP contribution in [0, 0.1) is 5.92 Å². The van der Waals surface area contributed by atoms with Gasteiger partial charge in [-0.1, -0.05) is 0 Å². The van der Waals surface area contributed by atoms with Gasteiger partial charge in [0.05, 0.1) is 23.8 Å². The van der Waals surface area contributed by atoms with Gasteiger partial charge in [-0.3, -0.25) is 15.1 Å². The zero-order valence-electron chi connectivity index (χ0n) is 11.7. The predicted molar refractivity (Wildman–Crippen MR) is 77.8 cm³/mol. The Morgan fingerprint density at radius 1 is 1.38 bits per heavy atom. The summed E-state index contributed by atoms with van der Waals surface area (Å²) in [7, 11) is -3.10. The summed E-state index contributed by atoms with van der Waals surface area (Å²) in [4.78, 5) is 8.79. The second-order valence-corrected chi connectivity index (χ2v) is 7.30. The summed E-state index contributed by atoms with van der Waals surface area (Å²) < 4.78 is 24.7. The van der Waals surface area contributed by atoms with Gasteiger partial charge in [-0.05, 0) is 18.8 Å². The number of aromatic amines is 1. The topological polar surface area (TPSA) is 91.8 Å². The molecule has 0 amide bonds. The van der Waals surface area contributed by atoms with Gasteiger partial charge in [0.1, 0.15) is 0 Å². The Labute approximate surface area is 123 Å². The molecule has 3 heterocycles. The van der Waals surface area contributed by atoms with Gasteiger partial charge in [0, 0.05) is 37.2 Å². The van der Waals surface area contributed by atoms with Gasteiger partial charge in [0.2, 0.25) is 10.0 Å². The maximum absolute atomic E-state index is 11.6. The van der Waals surface area contributed by atoms with Gasteiger partial charge in [0.25, 0.3) is 0 Å². The van der Waals surface area contributed by atoms with Crippen molar-refractivity contribution < 1.29 is 8.42 Å². The van der Waals surface area contributed by atoms with Crippen LogP contribution < -0.4 is 0 Å². The number of sulfonamides is 1. The molecule has 1 saturated heterocycles. The highest BCUT2D eigenvalue weighted by molar-refractivity contribution is 7.88. The molecule has 1 atom stereocenters. The second-order valence-electron chi connectivity index (χ2n) is 5.32. The zero-order chi connectivity index (χ0) is 14.9. The fourth-order valence-electron chi connectivity index (χ4n) is 2.68. The number of hydrogen-bond donors (Lipinski definition) is 1. The Kier molecular flexibility index (Phi) is 3.73. The van der Waals surface area contributed by atoms with Crippen molar-refractivity contribution in [2.75, 3.05) is 19.3 Å². The second kappa shape index (κ2) is 5.53. The molecule has 2 aromatic heterocycles. The zero-order valence-corrected chi connectivity index (χ0v) is 12.5. The van der Waals surface area contributed by atoms with Crippen molar-refractivity contribution in [3.05, 3.63) is 30.5 Å². The summed E-state index contributed by atoms with van der Waals surface area (Å²) in [6.07, 6.45) is 9.66. The first-order valence-corrected chi connectivity index (χ1v) is 8.63. The summed E-state index contributed by atoms with van der Waals surface area (Å²) in [5.74, 6) is 0.280. The largest absolute Gasteiger partial charge is 0.285 e. The Balaban J connectivity index is 1.78. The standard InChI is InChI=1S/C13H17N5O2S/c1-21(19,20)18-5-2-10(9-18)6-12-13(15-4-3-14-12)11-7-16-17-8-11/h3-4,7-8,10H,2,5-6,9H2,1H3,(H,16,17)/t10-/m1/s1. The quantitative estimate of drug-likeness (QED) is 0.897. The van der Waals surface area contributed by atoms with E-state index >= 15 is 0 Å². The van der Waals surface area contributed by atoms with E-state index < -0.39 is 10.0 Å². The third-order valence-corrected chi connectivity index (χ3v) is 5.01. The number of H-pyrrole nitrogens is 1. The van der Waals surface area contributed by atoms with Gasteiger partial charge < -0.3 is 0 Å². The van der Waals surface area contributed by atoms with Crippen molar-refractivity contribution in [2.24, 2.45) is 5.92 Å². The molecule has 0 aromatic carbocycles. The van der Waals surface area contributed by atoms with Crippen LogP contribution in [0.1, 0.15) is 12.1 Å². The lowest BCUT2D eigenvalue weighted by atomic mass is 10.00. The number of aromatic nitrogens is 4. The molecule has 1 aliphatic heterocycles. The van der Waals surface area contributed by atoms with Crippen molar-refractivity contribution in [1.29, 1.82) is 0 Å². The van der Waals surface area contributed by atoms with Crippen LogP contribution in [0.5, 0.6) is 0 Å². The van der Waals surface area contributed by atoms with E-state index in [0.717, 1.165) is 29.8 Å². The Morgan fingerprint density at radius 3 is 2.86 bits per heavy atom. The molecule has 112 valence electrons. The minimum Gasteiger partial charge on any atom is -0.285 e. The molecule has 2 aromatic rings. The maximum atomic E-state index is 11.6. The molecule has 7 nitrogen and oxygen atoms in total. The summed E-state index contributed by atoms with van der Waals surface area (Å²) in [5.41, 5.74) is 2.60. The van der Waals surface area contributed by atoms with Crippen LogP contribution in [0.2, 0.25) is 0 Å². The average Bonchev–Trinajstić information content (AvgIpc) is 3.09. The molecule has 0 bridgehead atoms. The van der Waals surface area contributed by atoms with Crippen LogP contribution in [0.4, 0.5) is 0 Å². The number of hydrogen-bond acceptors (Lipinski definition) is 5. The number of rotatable bonds is 4. The molecule has 0 aliphatic carbocycles. The first-order chi connectivity index (χ1) is 10.0. The third kappa shape index (κ3) is 3.11. The van der Waals surface area contributed by atoms with E-state index in [0.29, 0.717) is 13.1 Å². The summed E-state index contributed by atoms with van der Waals surface area (Å²) in [6, 6.07) is 0. The molecular weight excluding hydrogens is 290 g/mol. The molecule has 1 N–H and O–H groups in total. The highest BCUT2D eigenvalue weighted by Gasteiger charge is 2.29. The van der Waals surface area contributed by atoms with Crippen molar-refractivity contribution in [1.82, 2.24) is 24.5 Å². The molecule has 0 unspecified atom stereocenters.